The van der Waals surface area contributed by atoms with Crippen LogP contribution in [0.5, 0.6) is 17.2 Å². The van der Waals surface area contributed by atoms with E-state index in [1.165, 1.54) is 24.3 Å². The van der Waals surface area contributed by atoms with E-state index < -0.39 is 0 Å². The average molecular weight is 336 g/mol. The minimum Gasteiger partial charge on any atom is -0.508 e. The summed E-state index contributed by atoms with van der Waals surface area (Å²) in [5.74, 6) is -0.534. The zero-order chi connectivity index (χ0) is 18.4. The summed E-state index contributed by atoms with van der Waals surface area (Å²) >= 11 is 0. The molecule has 0 aliphatic carbocycles. The van der Waals surface area contributed by atoms with Crippen LogP contribution in [0.1, 0.15) is 27.0 Å². The summed E-state index contributed by atoms with van der Waals surface area (Å²) in [4.78, 5) is 12.4. The van der Waals surface area contributed by atoms with Crippen molar-refractivity contribution in [1.29, 1.82) is 0 Å². The fraction of sp³-hybridized carbons (Fsp3) is 0.0952. The van der Waals surface area contributed by atoms with Crippen LogP contribution in [0.2, 0.25) is 0 Å². The van der Waals surface area contributed by atoms with Crippen LogP contribution < -0.4 is 0 Å². The van der Waals surface area contributed by atoms with Gasteiger partial charge in [-0.15, -0.1) is 13.2 Å². The molecule has 128 valence electrons. The number of aromatic hydroxyl groups is 3. The number of phenolic OH excluding ortho intramolecular Hbond substituents is 3. The SMILES string of the molecule is C=CCc1cc(/C=C/C(=O)c2ccc(O)c(CC=C)c2O)ccc1O. The van der Waals surface area contributed by atoms with Crippen molar-refractivity contribution in [2.24, 2.45) is 0 Å². The fourth-order valence-electron chi connectivity index (χ4n) is 2.46. The standard InChI is InChI=1S/C21H20O4/c1-3-5-15-13-14(7-10-18(15)22)8-11-19(23)17-9-12-20(24)16(6-4-2)21(17)25/h3-4,7-13,22,24-25H,1-2,5-6H2/b11-8+. The van der Waals surface area contributed by atoms with Gasteiger partial charge < -0.3 is 15.3 Å². The second-order valence-corrected chi connectivity index (χ2v) is 5.53. The van der Waals surface area contributed by atoms with Crippen molar-refractivity contribution < 1.29 is 20.1 Å². The first kappa shape index (κ1) is 18.1. The molecule has 4 nitrogen and oxygen atoms in total. The Kier molecular flexibility index (Phi) is 5.79. The Labute approximate surface area is 146 Å². The van der Waals surface area contributed by atoms with Crippen molar-refractivity contribution in [3.05, 3.63) is 84.0 Å². The maximum atomic E-state index is 12.4. The number of phenols is 3. The first-order chi connectivity index (χ1) is 12.0. The minimum atomic E-state index is -0.388. The van der Waals surface area contributed by atoms with Crippen LogP contribution in [-0.4, -0.2) is 21.1 Å². The van der Waals surface area contributed by atoms with Gasteiger partial charge in [0.25, 0.3) is 0 Å². The molecule has 0 aliphatic heterocycles. The zero-order valence-electron chi connectivity index (χ0n) is 13.8. The first-order valence-electron chi connectivity index (χ1n) is 7.77. The molecule has 0 bridgehead atoms. The maximum Gasteiger partial charge on any atom is 0.189 e. The largest absolute Gasteiger partial charge is 0.508 e. The normalized spacial score (nSPS) is 10.7. The van der Waals surface area contributed by atoms with Gasteiger partial charge in [-0.05, 0) is 54.3 Å². The Morgan fingerprint density at radius 1 is 0.960 bits per heavy atom. The molecule has 0 atom stereocenters. The summed E-state index contributed by atoms with van der Waals surface area (Å²) in [6, 6.07) is 7.77. The molecule has 3 N–H and O–H groups in total. The molecule has 0 saturated carbocycles. The molecule has 0 heterocycles. The Balaban J connectivity index is 2.29. The number of hydrogen-bond donors (Lipinski definition) is 3. The molecule has 2 aromatic carbocycles. The average Bonchev–Trinajstić information content (AvgIpc) is 2.59. The third kappa shape index (κ3) is 4.18. The van der Waals surface area contributed by atoms with Crippen LogP contribution in [0, 0.1) is 0 Å². The molecule has 0 aliphatic rings. The lowest BCUT2D eigenvalue weighted by atomic mass is 10.0. The lowest BCUT2D eigenvalue weighted by Gasteiger charge is -2.08. The molecule has 0 fully saturated rings. The van der Waals surface area contributed by atoms with E-state index in [0.717, 1.165) is 5.56 Å². The lowest BCUT2D eigenvalue weighted by Crippen LogP contribution is -1.98. The monoisotopic (exact) mass is 336 g/mol. The molecule has 2 rings (SSSR count). The van der Waals surface area contributed by atoms with Gasteiger partial charge in [-0.1, -0.05) is 24.3 Å². The van der Waals surface area contributed by atoms with Crippen LogP contribution >= 0.6 is 0 Å². The van der Waals surface area contributed by atoms with Crippen LogP contribution in [-0.2, 0) is 12.8 Å². The summed E-state index contributed by atoms with van der Waals surface area (Å²) in [6.45, 7) is 7.21. The predicted octanol–water partition coefficient (Wildman–Crippen LogP) is 4.16. The Morgan fingerprint density at radius 2 is 1.64 bits per heavy atom. The van der Waals surface area contributed by atoms with Gasteiger partial charge in [-0.25, -0.2) is 0 Å². The molecular formula is C21H20O4. The van der Waals surface area contributed by atoms with Crippen molar-refractivity contribution >= 4 is 11.9 Å². The number of ketones is 1. The number of allylic oxidation sites excluding steroid dienone is 3. The number of carbonyl (C=O) groups is 1. The van der Waals surface area contributed by atoms with Crippen molar-refractivity contribution in [3.8, 4) is 17.2 Å². The van der Waals surface area contributed by atoms with Crippen LogP contribution in [0.15, 0.2) is 61.7 Å². The molecule has 0 saturated heterocycles. The summed E-state index contributed by atoms with van der Waals surface area (Å²) in [7, 11) is 0. The highest BCUT2D eigenvalue weighted by atomic mass is 16.3. The fourth-order valence-corrected chi connectivity index (χ4v) is 2.46. The van der Waals surface area contributed by atoms with Crippen LogP contribution in [0.3, 0.4) is 0 Å². The smallest absolute Gasteiger partial charge is 0.189 e. The topological polar surface area (TPSA) is 77.8 Å². The third-order valence-corrected chi connectivity index (χ3v) is 3.77. The Hall–Kier alpha value is -3.27. The number of carbonyl (C=O) groups excluding carboxylic acids is 1. The van der Waals surface area contributed by atoms with E-state index in [0.29, 0.717) is 12.0 Å². The highest BCUT2D eigenvalue weighted by Gasteiger charge is 2.15. The highest BCUT2D eigenvalue weighted by Crippen LogP contribution is 2.31. The summed E-state index contributed by atoms with van der Waals surface area (Å²) in [5, 5.41) is 29.7. The lowest BCUT2D eigenvalue weighted by molar-refractivity contribution is 0.104. The van der Waals surface area contributed by atoms with Gasteiger partial charge in [0.15, 0.2) is 5.78 Å². The Morgan fingerprint density at radius 3 is 2.32 bits per heavy atom. The quantitative estimate of drug-likeness (QED) is 0.403. The second-order valence-electron chi connectivity index (χ2n) is 5.53. The minimum absolute atomic E-state index is 0.0782. The zero-order valence-corrected chi connectivity index (χ0v) is 13.8. The van der Waals surface area contributed by atoms with E-state index in [1.807, 2.05) is 0 Å². The number of hydrogen-bond acceptors (Lipinski definition) is 4. The van der Waals surface area contributed by atoms with Crippen molar-refractivity contribution in [1.82, 2.24) is 0 Å². The van der Waals surface area contributed by atoms with Gasteiger partial charge in [0.2, 0.25) is 0 Å². The van der Waals surface area contributed by atoms with Crippen LogP contribution in [0.4, 0.5) is 0 Å². The summed E-state index contributed by atoms with van der Waals surface area (Å²) in [6.07, 6.45) is 6.94. The Bertz CT molecular complexity index is 847. The van der Waals surface area contributed by atoms with E-state index >= 15 is 0 Å². The second kappa shape index (κ2) is 8.02. The maximum absolute atomic E-state index is 12.4. The molecule has 25 heavy (non-hydrogen) atoms. The summed E-state index contributed by atoms with van der Waals surface area (Å²) in [5.41, 5.74) is 1.83. The molecule has 0 unspecified atom stereocenters. The van der Waals surface area contributed by atoms with Crippen LogP contribution in [0.25, 0.3) is 6.08 Å². The van der Waals surface area contributed by atoms with Gasteiger partial charge in [-0.2, -0.15) is 0 Å². The number of rotatable bonds is 7. The molecule has 0 aromatic heterocycles. The van der Waals surface area contributed by atoms with Gasteiger partial charge in [0.1, 0.15) is 17.2 Å². The highest BCUT2D eigenvalue weighted by molar-refractivity contribution is 6.09. The van der Waals surface area contributed by atoms with E-state index in [2.05, 4.69) is 13.2 Å². The molecular weight excluding hydrogens is 316 g/mol. The summed E-state index contributed by atoms with van der Waals surface area (Å²) < 4.78 is 0. The van der Waals surface area contributed by atoms with Gasteiger partial charge in [0, 0.05) is 5.56 Å². The number of benzene rings is 2. The van der Waals surface area contributed by atoms with E-state index in [-0.39, 0.29) is 40.6 Å². The van der Waals surface area contributed by atoms with E-state index in [9.17, 15) is 20.1 Å². The predicted molar refractivity (Wildman–Crippen MR) is 99.0 cm³/mol. The van der Waals surface area contributed by atoms with Gasteiger partial charge in [0.05, 0.1) is 5.56 Å². The van der Waals surface area contributed by atoms with Gasteiger partial charge >= 0.3 is 0 Å². The van der Waals surface area contributed by atoms with E-state index in [4.69, 9.17) is 0 Å². The van der Waals surface area contributed by atoms with Crippen molar-refractivity contribution in [2.45, 2.75) is 12.8 Å². The first-order valence-corrected chi connectivity index (χ1v) is 7.77. The van der Waals surface area contributed by atoms with Crippen molar-refractivity contribution in [3.63, 3.8) is 0 Å². The molecule has 0 amide bonds. The molecule has 4 heteroatoms. The molecule has 2 aromatic rings. The third-order valence-electron chi connectivity index (χ3n) is 3.77. The van der Waals surface area contributed by atoms with E-state index in [1.54, 1.807) is 30.4 Å². The van der Waals surface area contributed by atoms with Crippen molar-refractivity contribution in [2.75, 3.05) is 0 Å². The molecule has 0 spiro atoms. The molecule has 0 radical (unpaired) electrons. The van der Waals surface area contributed by atoms with Gasteiger partial charge in [-0.3, -0.25) is 4.79 Å².